The van der Waals surface area contributed by atoms with Gasteiger partial charge in [0, 0.05) is 5.88 Å². The van der Waals surface area contributed by atoms with Gasteiger partial charge in [-0.25, -0.2) is 0 Å². The normalized spacial score (nSPS) is 46.5. The Morgan fingerprint density at radius 2 is 2.33 bits per heavy atom. The molecule has 2 aliphatic heterocycles. The van der Waals surface area contributed by atoms with Crippen molar-refractivity contribution in [3.63, 3.8) is 0 Å². The minimum absolute atomic E-state index is 0.0856. The number of hydrogen-bond acceptors (Lipinski definition) is 3. The van der Waals surface area contributed by atoms with E-state index >= 15 is 0 Å². The average molecular weight is 193 g/mol. The third-order valence-electron chi connectivity index (χ3n) is 2.26. The maximum Gasteiger partial charge on any atom is 0.189 e. The van der Waals surface area contributed by atoms with Crippen LogP contribution in [0.15, 0.2) is 0 Å². The predicted octanol–water partition coefficient (Wildman–Crippen LogP) is 1.15. The zero-order chi connectivity index (χ0) is 8.60. The monoisotopic (exact) mass is 192 g/mol. The fraction of sp³-hybridized carbons (Fsp3) is 1.00. The Morgan fingerprint density at radius 1 is 1.50 bits per heavy atom. The van der Waals surface area contributed by atoms with Crippen molar-refractivity contribution in [3.05, 3.63) is 0 Å². The summed E-state index contributed by atoms with van der Waals surface area (Å²) < 4.78 is 16.7. The molecule has 0 amide bonds. The second-order valence-electron chi connectivity index (χ2n) is 3.44. The van der Waals surface area contributed by atoms with Crippen molar-refractivity contribution in [1.29, 1.82) is 0 Å². The number of ether oxygens (including phenoxy) is 3. The van der Waals surface area contributed by atoms with E-state index in [9.17, 15) is 0 Å². The topological polar surface area (TPSA) is 27.7 Å². The molecule has 0 radical (unpaired) electrons. The molecule has 3 atom stereocenters. The highest BCUT2D eigenvalue weighted by Gasteiger charge is 2.47. The molecule has 0 aromatic carbocycles. The van der Waals surface area contributed by atoms with Crippen LogP contribution in [0.1, 0.15) is 13.3 Å². The molecule has 2 saturated heterocycles. The van der Waals surface area contributed by atoms with Gasteiger partial charge in [-0.05, 0) is 13.3 Å². The highest BCUT2D eigenvalue weighted by molar-refractivity contribution is 6.17. The Kier molecular flexibility index (Phi) is 2.29. The molecule has 0 aliphatic carbocycles. The van der Waals surface area contributed by atoms with Crippen LogP contribution in [-0.4, -0.2) is 37.1 Å². The summed E-state index contributed by atoms with van der Waals surface area (Å²) in [5.41, 5.74) is 0. The molecule has 2 fully saturated rings. The minimum Gasteiger partial charge on any atom is -0.373 e. The highest BCUT2D eigenvalue weighted by atomic mass is 35.5. The van der Waals surface area contributed by atoms with Gasteiger partial charge in [-0.3, -0.25) is 0 Å². The first-order chi connectivity index (χ1) is 5.73. The molecule has 2 rings (SSSR count). The van der Waals surface area contributed by atoms with E-state index in [4.69, 9.17) is 25.8 Å². The average Bonchev–Trinajstić information content (AvgIpc) is 2.23. The van der Waals surface area contributed by atoms with E-state index in [-0.39, 0.29) is 12.2 Å². The molecule has 2 aliphatic rings. The number of fused-ring (bicyclic) bond motifs is 2. The second kappa shape index (κ2) is 3.14. The fourth-order valence-corrected chi connectivity index (χ4v) is 1.96. The van der Waals surface area contributed by atoms with Crippen molar-refractivity contribution in [1.82, 2.24) is 0 Å². The smallest absolute Gasteiger partial charge is 0.189 e. The Balaban J connectivity index is 2.02. The van der Waals surface area contributed by atoms with Crippen LogP contribution in [0.4, 0.5) is 0 Å². The van der Waals surface area contributed by atoms with Gasteiger partial charge >= 0.3 is 0 Å². The van der Waals surface area contributed by atoms with Gasteiger partial charge in [0.2, 0.25) is 0 Å². The number of halogens is 1. The summed E-state index contributed by atoms with van der Waals surface area (Å²) in [7, 11) is 0. The molecule has 0 aromatic heterocycles. The van der Waals surface area contributed by atoms with Crippen molar-refractivity contribution in [3.8, 4) is 0 Å². The van der Waals surface area contributed by atoms with Crippen molar-refractivity contribution in [2.45, 2.75) is 31.3 Å². The molecule has 12 heavy (non-hydrogen) atoms. The molecule has 0 aromatic rings. The van der Waals surface area contributed by atoms with E-state index in [1.165, 1.54) is 0 Å². The number of hydrogen-bond donors (Lipinski definition) is 0. The number of alkyl halides is 1. The molecule has 0 N–H and O–H groups in total. The van der Waals surface area contributed by atoms with Gasteiger partial charge in [0.15, 0.2) is 5.79 Å². The van der Waals surface area contributed by atoms with Crippen LogP contribution in [0.3, 0.4) is 0 Å². The van der Waals surface area contributed by atoms with E-state index in [0.717, 1.165) is 6.42 Å². The molecule has 4 heteroatoms. The van der Waals surface area contributed by atoms with Crippen LogP contribution >= 0.6 is 11.6 Å². The molecule has 0 unspecified atom stereocenters. The van der Waals surface area contributed by atoms with E-state index in [2.05, 4.69) is 0 Å². The second-order valence-corrected chi connectivity index (χ2v) is 3.82. The fourth-order valence-electron chi connectivity index (χ4n) is 1.74. The SMILES string of the molecule is C[C@@]12COC[C@@H](O1)[C@@H](CCCl)O2. The summed E-state index contributed by atoms with van der Waals surface area (Å²) in [6.07, 6.45) is 1.04. The van der Waals surface area contributed by atoms with E-state index < -0.39 is 5.79 Å². The van der Waals surface area contributed by atoms with Crippen molar-refractivity contribution >= 4 is 11.6 Å². The van der Waals surface area contributed by atoms with Crippen molar-refractivity contribution < 1.29 is 14.2 Å². The lowest BCUT2D eigenvalue weighted by Gasteiger charge is -2.27. The molecule has 2 bridgehead atoms. The van der Waals surface area contributed by atoms with Crippen LogP contribution < -0.4 is 0 Å². The van der Waals surface area contributed by atoms with Gasteiger partial charge < -0.3 is 14.2 Å². The summed E-state index contributed by atoms with van der Waals surface area (Å²) in [6.45, 7) is 3.08. The summed E-state index contributed by atoms with van der Waals surface area (Å²) in [5, 5.41) is 0. The predicted molar refractivity (Wildman–Crippen MR) is 44.3 cm³/mol. The van der Waals surface area contributed by atoms with Crippen LogP contribution in [-0.2, 0) is 14.2 Å². The number of rotatable bonds is 2. The third kappa shape index (κ3) is 1.46. The first kappa shape index (κ1) is 8.75. The zero-order valence-corrected chi connectivity index (χ0v) is 7.84. The van der Waals surface area contributed by atoms with Gasteiger partial charge in [0.1, 0.15) is 12.7 Å². The third-order valence-corrected chi connectivity index (χ3v) is 2.47. The highest BCUT2D eigenvalue weighted by Crippen LogP contribution is 2.34. The van der Waals surface area contributed by atoms with Gasteiger partial charge in [-0.2, -0.15) is 0 Å². The molecular formula is C8H13ClO3. The Bertz CT molecular complexity index is 176. The van der Waals surface area contributed by atoms with E-state index in [1.807, 2.05) is 6.92 Å². The Morgan fingerprint density at radius 3 is 3.00 bits per heavy atom. The Labute approximate surface area is 76.9 Å². The zero-order valence-electron chi connectivity index (χ0n) is 7.09. The molecule has 2 heterocycles. The minimum atomic E-state index is -0.514. The van der Waals surface area contributed by atoms with Crippen molar-refractivity contribution in [2.75, 3.05) is 19.1 Å². The first-order valence-corrected chi connectivity index (χ1v) is 4.76. The summed E-state index contributed by atoms with van der Waals surface area (Å²) >= 11 is 5.64. The standard InChI is InChI=1S/C8H13ClO3/c1-8-5-10-4-7(12-8)6(11-8)2-3-9/h6-7H,2-5H2,1H3/t6-,7-,8+/m1/s1. The van der Waals surface area contributed by atoms with E-state index in [1.54, 1.807) is 0 Å². The lowest BCUT2D eigenvalue weighted by atomic mass is 10.2. The molecule has 0 spiro atoms. The maximum absolute atomic E-state index is 5.68. The summed E-state index contributed by atoms with van der Waals surface area (Å²) in [6, 6.07) is 0. The van der Waals surface area contributed by atoms with Gasteiger partial charge in [-0.1, -0.05) is 0 Å². The largest absolute Gasteiger partial charge is 0.373 e. The van der Waals surface area contributed by atoms with Gasteiger partial charge in [0.25, 0.3) is 0 Å². The molecule has 0 saturated carbocycles. The van der Waals surface area contributed by atoms with Crippen molar-refractivity contribution in [2.24, 2.45) is 0 Å². The van der Waals surface area contributed by atoms with Crippen LogP contribution in [0.5, 0.6) is 0 Å². The van der Waals surface area contributed by atoms with Crippen LogP contribution in [0, 0.1) is 0 Å². The van der Waals surface area contributed by atoms with Crippen LogP contribution in [0.2, 0.25) is 0 Å². The summed E-state index contributed by atoms with van der Waals surface area (Å²) in [5.74, 6) is 0.0975. The van der Waals surface area contributed by atoms with Gasteiger partial charge in [-0.15, -0.1) is 11.6 Å². The molecule has 70 valence electrons. The van der Waals surface area contributed by atoms with Crippen LogP contribution in [0.25, 0.3) is 0 Å². The molecular weight excluding hydrogens is 180 g/mol. The Hall–Kier alpha value is 0.170. The maximum atomic E-state index is 5.68. The van der Waals surface area contributed by atoms with Gasteiger partial charge in [0.05, 0.1) is 12.7 Å². The lowest BCUT2D eigenvalue weighted by Crippen LogP contribution is -2.38. The summed E-state index contributed by atoms with van der Waals surface area (Å²) in [4.78, 5) is 0. The lowest BCUT2D eigenvalue weighted by molar-refractivity contribution is -0.226. The molecule has 3 nitrogen and oxygen atoms in total. The first-order valence-electron chi connectivity index (χ1n) is 4.23. The quantitative estimate of drug-likeness (QED) is 0.615. The van der Waals surface area contributed by atoms with E-state index in [0.29, 0.717) is 19.1 Å².